The summed E-state index contributed by atoms with van der Waals surface area (Å²) in [6.45, 7) is -0.234. The maximum Gasteiger partial charge on any atom is 0.335 e. The number of hydrogen-bond donors (Lipinski definition) is 3. The standard InChI is InChI=1S/C19H17NO7S/c21-17(10-3-13-1-4-15(5-2-13)19(24)25)14-6-8-16(9-7-14)28(26,27)20-12-11-18(22)23/h1-10,20H,11-12H2,(H,22,23)(H,24,25). The number of rotatable bonds is 9. The number of carboxylic acid groups (broad SMARTS) is 2. The molecule has 0 fully saturated rings. The van der Waals surface area contributed by atoms with Crippen LogP contribution in [0, 0.1) is 0 Å². The molecule has 28 heavy (non-hydrogen) atoms. The highest BCUT2D eigenvalue weighted by atomic mass is 32.2. The Morgan fingerprint density at radius 3 is 2.00 bits per heavy atom. The quantitative estimate of drug-likeness (QED) is 0.430. The van der Waals surface area contributed by atoms with Gasteiger partial charge >= 0.3 is 11.9 Å². The van der Waals surface area contributed by atoms with Crippen molar-refractivity contribution in [2.75, 3.05) is 6.54 Å². The first-order valence-corrected chi connectivity index (χ1v) is 9.54. The lowest BCUT2D eigenvalue weighted by molar-refractivity contribution is -0.136. The topological polar surface area (TPSA) is 138 Å². The number of carbonyl (C=O) groups excluding carboxylic acids is 1. The number of aliphatic carboxylic acids is 1. The Hall–Kier alpha value is -3.30. The fourth-order valence-corrected chi connectivity index (χ4v) is 3.21. The van der Waals surface area contributed by atoms with Crippen molar-refractivity contribution in [1.29, 1.82) is 0 Å². The molecule has 0 unspecified atom stereocenters. The Kier molecular flexibility index (Phi) is 6.80. The molecule has 2 aromatic carbocycles. The minimum atomic E-state index is -3.86. The van der Waals surface area contributed by atoms with Gasteiger partial charge in [-0.1, -0.05) is 18.2 Å². The zero-order chi connectivity index (χ0) is 20.7. The van der Waals surface area contributed by atoms with E-state index in [9.17, 15) is 22.8 Å². The van der Waals surface area contributed by atoms with E-state index in [1.54, 1.807) is 12.1 Å². The van der Waals surface area contributed by atoms with E-state index < -0.39 is 22.0 Å². The summed E-state index contributed by atoms with van der Waals surface area (Å²) in [4.78, 5) is 33.4. The zero-order valence-electron chi connectivity index (χ0n) is 14.5. The van der Waals surface area contributed by atoms with E-state index in [0.29, 0.717) is 5.56 Å². The highest BCUT2D eigenvalue weighted by Gasteiger charge is 2.14. The molecule has 0 bridgehead atoms. The molecule has 9 heteroatoms. The van der Waals surface area contributed by atoms with Crippen LogP contribution >= 0.6 is 0 Å². The van der Waals surface area contributed by atoms with E-state index in [1.165, 1.54) is 48.6 Å². The van der Waals surface area contributed by atoms with E-state index in [2.05, 4.69) is 4.72 Å². The van der Waals surface area contributed by atoms with Crippen LogP contribution in [0.3, 0.4) is 0 Å². The van der Waals surface area contributed by atoms with Gasteiger partial charge < -0.3 is 10.2 Å². The van der Waals surface area contributed by atoms with Crippen molar-refractivity contribution >= 4 is 33.8 Å². The Balaban J connectivity index is 2.04. The third-order valence-corrected chi connectivity index (χ3v) is 5.14. The first kappa shape index (κ1) is 21.0. The largest absolute Gasteiger partial charge is 0.481 e. The van der Waals surface area contributed by atoms with Crippen LogP contribution in [0.25, 0.3) is 6.08 Å². The fraction of sp³-hybridized carbons (Fsp3) is 0.105. The van der Waals surface area contributed by atoms with E-state index in [0.717, 1.165) is 0 Å². The third-order valence-electron chi connectivity index (χ3n) is 3.66. The van der Waals surface area contributed by atoms with Crippen LogP contribution in [0.15, 0.2) is 59.5 Å². The van der Waals surface area contributed by atoms with Crippen molar-refractivity contribution in [3.63, 3.8) is 0 Å². The fourth-order valence-electron chi connectivity index (χ4n) is 2.18. The monoisotopic (exact) mass is 403 g/mol. The number of ketones is 1. The molecule has 146 valence electrons. The zero-order valence-corrected chi connectivity index (χ0v) is 15.3. The smallest absolute Gasteiger partial charge is 0.335 e. The van der Waals surface area contributed by atoms with Gasteiger partial charge in [0.1, 0.15) is 0 Å². The second-order valence-electron chi connectivity index (χ2n) is 5.69. The van der Waals surface area contributed by atoms with Crippen LogP contribution in [-0.2, 0) is 14.8 Å². The molecule has 3 N–H and O–H groups in total. The Bertz CT molecular complexity index is 1010. The maximum absolute atomic E-state index is 12.2. The van der Waals surface area contributed by atoms with Gasteiger partial charge in [-0.15, -0.1) is 0 Å². The van der Waals surface area contributed by atoms with Crippen LogP contribution in [0.5, 0.6) is 0 Å². The lowest BCUT2D eigenvalue weighted by Crippen LogP contribution is -2.26. The van der Waals surface area contributed by atoms with Crippen LogP contribution in [0.1, 0.15) is 32.7 Å². The second kappa shape index (κ2) is 9.07. The maximum atomic E-state index is 12.2. The van der Waals surface area contributed by atoms with Gasteiger partial charge in [0.05, 0.1) is 16.9 Å². The Labute approximate surface area is 161 Å². The molecule has 0 radical (unpaired) electrons. The summed E-state index contributed by atoms with van der Waals surface area (Å²) in [5.74, 6) is -2.52. The van der Waals surface area contributed by atoms with Crippen LogP contribution in [0.2, 0.25) is 0 Å². The number of carbonyl (C=O) groups is 3. The summed E-state index contributed by atoms with van der Waals surface area (Å²) in [6, 6.07) is 11.2. The molecule has 2 rings (SSSR count). The minimum absolute atomic E-state index is 0.0809. The van der Waals surface area contributed by atoms with Crippen LogP contribution in [-0.4, -0.2) is 42.9 Å². The van der Waals surface area contributed by atoms with Crippen molar-refractivity contribution in [1.82, 2.24) is 4.72 Å². The van der Waals surface area contributed by atoms with Gasteiger partial charge in [-0.25, -0.2) is 17.9 Å². The SMILES string of the molecule is O=C(O)CCNS(=O)(=O)c1ccc(C(=O)C=Cc2ccc(C(=O)O)cc2)cc1. The number of carboxylic acids is 2. The molecule has 0 aliphatic heterocycles. The molecular weight excluding hydrogens is 386 g/mol. The van der Waals surface area contributed by atoms with Gasteiger partial charge in [-0.2, -0.15) is 0 Å². The number of hydrogen-bond acceptors (Lipinski definition) is 5. The highest BCUT2D eigenvalue weighted by Crippen LogP contribution is 2.13. The summed E-state index contributed by atoms with van der Waals surface area (Å²) >= 11 is 0. The average Bonchev–Trinajstić information content (AvgIpc) is 2.66. The summed E-state index contributed by atoms with van der Waals surface area (Å²) in [6.07, 6.45) is 2.48. The predicted molar refractivity (Wildman–Crippen MR) is 101 cm³/mol. The Morgan fingerprint density at radius 1 is 0.893 bits per heavy atom. The minimum Gasteiger partial charge on any atom is -0.481 e. The van der Waals surface area contributed by atoms with Crippen molar-refractivity contribution in [3.8, 4) is 0 Å². The third kappa shape index (κ3) is 5.86. The molecule has 0 atom stereocenters. The molecule has 0 aromatic heterocycles. The average molecular weight is 403 g/mol. The normalized spacial score (nSPS) is 11.4. The molecule has 0 aliphatic rings. The summed E-state index contributed by atoms with van der Waals surface area (Å²) in [5, 5.41) is 17.4. The number of aromatic carboxylic acids is 1. The van der Waals surface area contributed by atoms with Gasteiger partial charge in [-0.3, -0.25) is 9.59 Å². The van der Waals surface area contributed by atoms with Gasteiger partial charge in [0.25, 0.3) is 0 Å². The summed E-state index contributed by atoms with van der Waals surface area (Å²) in [7, 11) is -3.86. The van der Waals surface area contributed by atoms with E-state index in [-0.39, 0.29) is 34.8 Å². The first-order valence-electron chi connectivity index (χ1n) is 8.06. The molecule has 0 amide bonds. The molecule has 8 nitrogen and oxygen atoms in total. The molecule has 0 heterocycles. The molecule has 2 aromatic rings. The van der Waals surface area contributed by atoms with Crippen molar-refractivity contribution < 1.29 is 33.0 Å². The first-order chi connectivity index (χ1) is 13.2. The molecular formula is C19H17NO7S. The molecule has 0 saturated heterocycles. The number of sulfonamides is 1. The van der Waals surface area contributed by atoms with Gasteiger partial charge in [0.15, 0.2) is 5.78 Å². The van der Waals surface area contributed by atoms with Crippen molar-refractivity contribution in [3.05, 3.63) is 71.3 Å². The molecule has 0 saturated carbocycles. The lowest BCUT2D eigenvalue weighted by atomic mass is 10.1. The number of nitrogens with one attached hydrogen (secondary N) is 1. The summed E-state index contributed by atoms with van der Waals surface area (Å²) < 4.78 is 26.2. The van der Waals surface area contributed by atoms with E-state index in [1.807, 2.05) is 0 Å². The number of benzene rings is 2. The highest BCUT2D eigenvalue weighted by molar-refractivity contribution is 7.89. The van der Waals surface area contributed by atoms with E-state index in [4.69, 9.17) is 10.2 Å². The van der Waals surface area contributed by atoms with E-state index >= 15 is 0 Å². The van der Waals surface area contributed by atoms with Crippen LogP contribution in [0.4, 0.5) is 0 Å². The van der Waals surface area contributed by atoms with Crippen molar-refractivity contribution in [2.45, 2.75) is 11.3 Å². The van der Waals surface area contributed by atoms with Crippen molar-refractivity contribution in [2.24, 2.45) is 0 Å². The predicted octanol–water partition coefficient (Wildman–Crippen LogP) is 2.03. The van der Waals surface area contributed by atoms with Gasteiger partial charge in [0.2, 0.25) is 10.0 Å². The summed E-state index contributed by atoms with van der Waals surface area (Å²) in [5.41, 5.74) is 1.04. The van der Waals surface area contributed by atoms with Gasteiger partial charge in [-0.05, 0) is 48.0 Å². The van der Waals surface area contributed by atoms with Crippen LogP contribution < -0.4 is 4.72 Å². The Morgan fingerprint density at radius 2 is 1.46 bits per heavy atom. The molecule has 0 aliphatic carbocycles. The number of allylic oxidation sites excluding steroid dienone is 1. The molecule has 0 spiro atoms. The second-order valence-corrected chi connectivity index (χ2v) is 7.46. The lowest BCUT2D eigenvalue weighted by Gasteiger charge is -2.06. The van der Waals surface area contributed by atoms with Gasteiger partial charge in [0, 0.05) is 12.1 Å².